The Morgan fingerprint density at radius 1 is 1.57 bits per heavy atom. The van der Waals surface area contributed by atoms with Crippen LogP contribution in [0.4, 0.5) is 5.69 Å². The van der Waals surface area contributed by atoms with E-state index in [1.54, 1.807) is 25.3 Å². The highest BCUT2D eigenvalue weighted by Crippen LogP contribution is 2.07. The molecule has 5 heteroatoms. The van der Waals surface area contributed by atoms with Gasteiger partial charge in [-0.1, -0.05) is 0 Å². The summed E-state index contributed by atoms with van der Waals surface area (Å²) in [6, 6.07) is 3.27. The van der Waals surface area contributed by atoms with Crippen LogP contribution in [0.15, 0.2) is 18.3 Å². The number of carboxylic acids is 1. The van der Waals surface area contributed by atoms with Gasteiger partial charge in [0, 0.05) is 17.6 Å². The molecule has 2 N–H and O–H groups in total. The zero-order valence-electron chi connectivity index (χ0n) is 7.65. The predicted octanol–water partition coefficient (Wildman–Crippen LogP) is 0.803. The first-order valence-corrected chi connectivity index (χ1v) is 4.02. The molecule has 1 aromatic heterocycles. The van der Waals surface area contributed by atoms with E-state index < -0.39 is 18.3 Å². The second kappa shape index (κ2) is 4.36. The van der Waals surface area contributed by atoms with Crippen LogP contribution in [0.3, 0.4) is 0 Å². The van der Waals surface area contributed by atoms with Gasteiger partial charge in [0.15, 0.2) is 0 Å². The number of nitrogens with one attached hydrogen (secondary N) is 1. The molecule has 1 rings (SSSR count). The van der Waals surface area contributed by atoms with Crippen molar-refractivity contribution < 1.29 is 14.7 Å². The van der Waals surface area contributed by atoms with Gasteiger partial charge in [-0.05, 0) is 19.1 Å². The number of nitrogens with zero attached hydrogens (tertiary/aromatic N) is 1. The van der Waals surface area contributed by atoms with Crippen LogP contribution in [0.25, 0.3) is 0 Å². The van der Waals surface area contributed by atoms with Gasteiger partial charge < -0.3 is 10.4 Å². The van der Waals surface area contributed by atoms with Crippen molar-refractivity contribution >= 4 is 17.6 Å². The molecule has 0 saturated carbocycles. The van der Waals surface area contributed by atoms with Crippen LogP contribution in [0.2, 0.25) is 0 Å². The molecule has 0 radical (unpaired) electrons. The van der Waals surface area contributed by atoms with Gasteiger partial charge in [-0.25, -0.2) is 0 Å². The van der Waals surface area contributed by atoms with E-state index in [-0.39, 0.29) is 0 Å². The van der Waals surface area contributed by atoms with Crippen molar-refractivity contribution in [3.05, 3.63) is 24.0 Å². The number of carbonyl (C=O) groups excluding carboxylic acids is 1. The van der Waals surface area contributed by atoms with Gasteiger partial charge >= 0.3 is 5.97 Å². The van der Waals surface area contributed by atoms with Crippen LogP contribution in [0.5, 0.6) is 0 Å². The Kier molecular flexibility index (Phi) is 3.17. The number of aliphatic carboxylic acids is 1. The molecule has 0 aliphatic rings. The largest absolute Gasteiger partial charge is 0.481 e. The lowest BCUT2D eigenvalue weighted by atomic mass is 10.3. The fourth-order valence-electron chi connectivity index (χ4n) is 0.966. The molecule has 0 aromatic carbocycles. The molecule has 0 saturated heterocycles. The number of pyridine rings is 1. The van der Waals surface area contributed by atoms with Gasteiger partial charge in [0.1, 0.15) is 6.42 Å². The van der Waals surface area contributed by atoms with Gasteiger partial charge in [-0.3, -0.25) is 14.6 Å². The van der Waals surface area contributed by atoms with Gasteiger partial charge in [0.25, 0.3) is 0 Å². The van der Waals surface area contributed by atoms with Gasteiger partial charge in [0.05, 0.1) is 0 Å². The normalized spacial score (nSPS) is 9.50. The first-order chi connectivity index (χ1) is 6.58. The number of hydrogen-bond donors (Lipinski definition) is 2. The number of rotatable bonds is 3. The van der Waals surface area contributed by atoms with Gasteiger partial charge in [0.2, 0.25) is 5.91 Å². The van der Waals surface area contributed by atoms with E-state index in [0.717, 1.165) is 5.69 Å². The third-order valence-corrected chi connectivity index (χ3v) is 1.49. The third kappa shape index (κ3) is 3.22. The van der Waals surface area contributed by atoms with Crippen molar-refractivity contribution in [2.45, 2.75) is 13.3 Å². The molecule has 14 heavy (non-hydrogen) atoms. The molecule has 0 spiro atoms. The van der Waals surface area contributed by atoms with E-state index in [9.17, 15) is 9.59 Å². The number of carbonyl (C=O) groups is 2. The van der Waals surface area contributed by atoms with Crippen molar-refractivity contribution in [2.75, 3.05) is 5.32 Å². The molecule has 0 unspecified atom stereocenters. The summed E-state index contributed by atoms with van der Waals surface area (Å²) >= 11 is 0. The van der Waals surface area contributed by atoms with E-state index in [1.165, 1.54) is 0 Å². The SMILES string of the molecule is Cc1cc(NC(=O)CC(=O)O)ccn1. The molecule has 5 nitrogen and oxygen atoms in total. The first-order valence-electron chi connectivity index (χ1n) is 4.02. The van der Waals surface area contributed by atoms with Gasteiger partial charge in [-0.2, -0.15) is 0 Å². The van der Waals surface area contributed by atoms with E-state index in [4.69, 9.17) is 5.11 Å². The van der Waals surface area contributed by atoms with Crippen molar-refractivity contribution in [2.24, 2.45) is 0 Å². The highest BCUT2D eigenvalue weighted by atomic mass is 16.4. The van der Waals surface area contributed by atoms with Crippen LogP contribution in [0, 0.1) is 6.92 Å². The number of amides is 1. The molecular formula is C9H10N2O3. The minimum absolute atomic E-state index is 0.526. The van der Waals surface area contributed by atoms with Crippen molar-refractivity contribution in [1.29, 1.82) is 0 Å². The highest BCUT2D eigenvalue weighted by Gasteiger charge is 2.07. The molecule has 0 bridgehead atoms. The predicted molar refractivity (Wildman–Crippen MR) is 49.9 cm³/mol. The number of hydrogen-bond acceptors (Lipinski definition) is 3. The molecule has 1 heterocycles. The topological polar surface area (TPSA) is 79.3 Å². The fourth-order valence-corrected chi connectivity index (χ4v) is 0.966. The summed E-state index contributed by atoms with van der Waals surface area (Å²) in [5, 5.41) is 10.8. The van der Waals surface area contributed by atoms with Crippen LogP contribution >= 0.6 is 0 Å². The van der Waals surface area contributed by atoms with Crippen LogP contribution in [0.1, 0.15) is 12.1 Å². The van der Waals surface area contributed by atoms with E-state index in [1.807, 2.05) is 0 Å². The molecule has 1 amide bonds. The zero-order chi connectivity index (χ0) is 10.6. The Hall–Kier alpha value is -1.91. The number of aromatic nitrogens is 1. The standard InChI is InChI=1S/C9H10N2O3/c1-6-4-7(2-3-10-6)11-8(12)5-9(13)14/h2-4H,5H2,1H3,(H,13,14)(H,10,11,12). The molecule has 0 fully saturated rings. The van der Waals surface area contributed by atoms with Crippen LogP contribution in [-0.4, -0.2) is 22.0 Å². The average molecular weight is 194 g/mol. The highest BCUT2D eigenvalue weighted by molar-refractivity contribution is 6.01. The quantitative estimate of drug-likeness (QED) is 0.697. The average Bonchev–Trinajstić information content (AvgIpc) is 2.01. The van der Waals surface area contributed by atoms with Crippen molar-refractivity contribution in [1.82, 2.24) is 4.98 Å². The van der Waals surface area contributed by atoms with Crippen molar-refractivity contribution in [3.63, 3.8) is 0 Å². The van der Waals surface area contributed by atoms with Gasteiger partial charge in [-0.15, -0.1) is 0 Å². The summed E-state index contributed by atoms with van der Waals surface area (Å²) in [5.74, 6) is -1.68. The monoisotopic (exact) mass is 194 g/mol. The number of carboxylic acid groups (broad SMARTS) is 1. The van der Waals surface area contributed by atoms with E-state index >= 15 is 0 Å². The van der Waals surface area contributed by atoms with E-state index in [0.29, 0.717) is 5.69 Å². The summed E-state index contributed by atoms with van der Waals surface area (Å²) in [4.78, 5) is 25.2. The Morgan fingerprint density at radius 3 is 2.86 bits per heavy atom. The van der Waals surface area contributed by atoms with Crippen LogP contribution < -0.4 is 5.32 Å². The lowest BCUT2D eigenvalue weighted by Gasteiger charge is -2.03. The third-order valence-electron chi connectivity index (χ3n) is 1.49. The summed E-state index contributed by atoms with van der Waals surface area (Å²) in [5.41, 5.74) is 1.32. The minimum atomic E-state index is -1.15. The van der Waals surface area contributed by atoms with E-state index in [2.05, 4.69) is 10.3 Å². The number of aryl methyl sites for hydroxylation is 1. The second-order valence-corrected chi connectivity index (χ2v) is 2.80. The summed E-state index contributed by atoms with van der Waals surface area (Å²) in [7, 11) is 0. The maximum Gasteiger partial charge on any atom is 0.312 e. The Bertz CT molecular complexity index is 363. The Morgan fingerprint density at radius 2 is 2.29 bits per heavy atom. The molecule has 1 aromatic rings. The maximum absolute atomic E-state index is 11.0. The summed E-state index contributed by atoms with van der Waals surface area (Å²) < 4.78 is 0. The smallest absolute Gasteiger partial charge is 0.312 e. The molecule has 0 aliphatic heterocycles. The minimum Gasteiger partial charge on any atom is -0.481 e. The van der Waals surface area contributed by atoms with Crippen molar-refractivity contribution in [3.8, 4) is 0 Å². The zero-order valence-corrected chi connectivity index (χ0v) is 7.65. The number of anilines is 1. The van der Waals surface area contributed by atoms with Crippen LogP contribution in [-0.2, 0) is 9.59 Å². The summed E-state index contributed by atoms with van der Waals surface area (Å²) in [6.07, 6.45) is 1.02. The second-order valence-electron chi connectivity index (χ2n) is 2.80. The lowest BCUT2D eigenvalue weighted by Crippen LogP contribution is -2.15. The summed E-state index contributed by atoms with van der Waals surface area (Å²) in [6.45, 7) is 1.78. The Balaban J connectivity index is 2.60. The molecule has 0 atom stereocenters. The first kappa shape index (κ1) is 10.2. The molecule has 74 valence electrons. The molecular weight excluding hydrogens is 184 g/mol. The Labute approximate surface area is 80.8 Å². The molecule has 0 aliphatic carbocycles. The lowest BCUT2D eigenvalue weighted by molar-refractivity contribution is -0.139. The fraction of sp³-hybridized carbons (Fsp3) is 0.222. The maximum atomic E-state index is 11.0.